The second kappa shape index (κ2) is 5.67. The van der Waals surface area contributed by atoms with Crippen LogP contribution in [0.2, 0.25) is 0 Å². The number of hydrogen-bond donors (Lipinski definition) is 1. The Hall–Kier alpha value is -0.570. The van der Waals surface area contributed by atoms with Gasteiger partial charge in [0.2, 0.25) is 5.91 Å². The molecule has 0 bridgehead atoms. The predicted molar refractivity (Wildman–Crippen MR) is 67.0 cm³/mol. The zero-order chi connectivity index (χ0) is 12.3. The van der Waals surface area contributed by atoms with Crippen molar-refractivity contribution in [2.24, 2.45) is 17.6 Å². The third kappa shape index (κ3) is 2.76. The van der Waals surface area contributed by atoms with Crippen molar-refractivity contribution in [3.63, 3.8) is 0 Å². The van der Waals surface area contributed by atoms with Gasteiger partial charge in [0.15, 0.2) is 0 Å². The Bertz CT molecular complexity index is 242. The van der Waals surface area contributed by atoms with E-state index in [1.54, 1.807) is 0 Å². The van der Waals surface area contributed by atoms with Gasteiger partial charge in [0, 0.05) is 25.0 Å². The molecule has 1 fully saturated rings. The van der Waals surface area contributed by atoms with E-state index in [0.717, 1.165) is 25.7 Å². The Labute approximate surface area is 99.4 Å². The van der Waals surface area contributed by atoms with Crippen LogP contribution in [-0.2, 0) is 4.79 Å². The van der Waals surface area contributed by atoms with E-state index in [-0.39, 0.29) is 17.9 Å². The fourth-order valence-electron chi connectivity index (χ4n) is 2.50. The minimum absolute atomic E-state index is 0.141. The van der Waals surface area contributed by atoms with Crippen molar-refractivity contribution in [1.82, 2.24) is 4.90 Å². The quantitative estimate of drug-likeness (QED) is 0.800. The molecule has 1 saturated carbocycles. The fourth-order valence-corrected chi connectivity index (χ4v) is 2.50. The molecule has 0 aliphatic heterocycles. The van der Waals surface area contributed by atoms with Gasteiger partial charge < -0.3 is 10.6 Å². The van der Waals surface area contributed by atoms with E-state index in [4.69, 9.17) is 5.73 Å². The lowest BCUT2D eigenvalue weighted by Crippen LogP contribution is -2.46. The highest BCUT2D eigenvalue weighted by molar-refractivity contribution is 5.79. The molecule has 0 aromatic rings. The summed E-state index contributed by atoms with van der Waals surface area (Å²) in [6.07, 6.45) is 4.18. The van der Waals surface area contributed by atoms with Gasteiger partial charge in [-0.25, -0.2) is 0 Å². The maximum atomic E-state index is 12.3. The lowest BCUT2D eigenvalue weighted by molar-refractivity contribution is -0.139. The first-order chi connectivity index (χ1) is 7.49. The Morgan fingerprint density at radius 3 is 2.69 bits per heavy atom. The first-order valence-electron chi connectivity index (χ1n) is 6.51. The Balaban J connectivity index is 2.65. The van der Waals surface area contributed by atoms with E-state index in [2.05, 4.69) is 20.8 Å². The highest BCUT2D eigenvalue weighted by Gasteiger charge is 2.34. The normalized spacial score (nSPS) is 32.2. The van der Waals surface area contributed by atoms with Crippen LogP contribution in [0.3, 0.4) is 0 Å². The summed E-state index contributed by atoms with van der Waals surface area (Å²) in [6, 6.07) is 0.533. The summed E-state index contributed by atoms with van der Waals surface area (Å²) in [5.41, 5.74) is 6.04. The molecule has 4 unspecified atom stereocenters. The highest BCUT2D eigenvalue weighted by atomic mass is 16.2. The molecule has 94 valence electrons. The van der Waals surface area contributed by atoms with Crippen molar-refractivity contribution >= 4 is 5.91 Å². The Morgan fingerprint density at radius 1 is 1.50 bits per heavy atom. The standard InChI is InChI=1S/C13H26N2O/c1-5-9(2)15(4)13(16)11-7-6-8-12(14)10(11)3/h9-12H,5-8,14H2,1-4H3. The van der Waals surface area contributed by atoms with Crippen LogP contribution in [0.25, 0.3) is 0 Å². The van der Waals surface area contributed by atoms with Gasteiger partial charge in [-0.05, 0) is 32.1 Å². The van der Waals surface area contributed by atoms with Crippen LogP contribution in [0.15, 0.2) is 0 Å². The van der Waals surface area contributed by atoms with E-state index in [1.807, 2.05) is 11.9 Å². The number of rotatable bonds is 3. The minimum atomic E-state index is 0.141. The van der Waals surface area contributed by atoms with E-state index >= 15 is 0 Å². The topological polar surface area (TPSA) is 46.3 Å². The number of carbonyl (C=O) groups excluding carboxylic acids is 1. The minimum Gasteiger partial charge on any atom is -0.343 e. The van der Waals surface area contributed by atoms with Gasteiger partial charge in [-0.3, -0.25) is 4.79 Å². The largest absolute Gasteiger partial charge is 0.343 e. The fraction of sp³-hybridized carbons (Fsp3) is 0.923. The summed E-state index contributed by atoms with van der Waals surface area (Å²) in [5.74, 6) is 0.757. The number of amides is 1. The third-order valence-corrected chi connectivity index (χ3v) is 4.28. The Kier molecular flexibility index (Phi) is 4.78. The van der Waals surface area contributed by atoms with Crippen LogP contribution < -0.4 is 5.73 Å². The first kappa shape index (κ1) is 13.5. The van der Waals surface area contributed by atoms with Crippen LogP contribution in [-0.4, -0.2) is 29.9 Å². The average Bonchev–Trinajstić information content (AvgIpc) is 2.29. The molecule has 1 aliphatic rings. The smallest absolute Gasteiger partial charge is 0.225 e. The van der Waals surface area contributed by atoms with Crippen LogP contribution in [0, 0.1) is 11.8 Å². The van der Waals surface area contributed by atoms with Gasteiger partial charge in [0.1, 0.15) is 0 Å². The summed E-state index contributed by atoms with van der Waals surface area (Å²) >= 11 is 0. The first-order valence-corrected chi connectivity index (χ1v) is 6.51. The predicted octanol–water partition coefficient (Wildman–Crippen LogP) is 2.01. The van der Waals surface area contributed by atoms with Gasteiger partial charge in [0.25, 0.3) is 0 Å². The molecule has 2 N–H and O–H groups in total. The van der Waals surface area contributed by atoms with Gasteiger partial charge in [-0.15, -0.1) is 0 Å². The van der Waals surface area contributed by atoms with Crippen molar-refractivity contribution in [3.05, 3.63) is 0 Å². The zero-order valence-corrected chi connectivity index (χ0v) is 11.1. The van der Waals surface area contributed by atoms with Gasteiger partial charge >= 0.3 is 0 Å². The number of carbonyl (C=O) groups is 1. The van der Waals surface area contributed by atoms with Crippen molar-refractivity contribution < 1.29 is 4.79 Å². The second-order valence-electron chi connectivity index (χ2n) is 5.27. The molecule has 0 aromatic heterocycles. The second-order valence-corrected chi connectivity index (χ2v) is 5.27. The lowest BCUT2D eigenvalue weighted by Gasteiger charge is -2.36. The molecule has 0 saturated heterocycles. The summed E-state index contributed by atoms with van der Waals surface area (Å²) < 4.78 is 0. The number of hydrogen-bond acceptors (Lipinski definition) is 2. The van der Waals surface area contributed by atoms with Crippen LogP contribution in [0.5, 0.6) is 0 Å². The lowest BCUT2D eigenvalue weighted by atomic mass is 9.76. The van der Waals surface area contributed by atoms with Crippen molar-refractivity contribution in [1.29, 1.82) is 0 Å². The molecule has 1 rings (SSSR count). The summed E-state index contributed by atoms with van der Waals surface area (Å²) in [4.78, 5) is 14.2. The molecular weight excluding hydrogens is 200 g/mol. The zero-order valence-electron chi connectivity index (χ0n) is 11.1. The van der Waals surface area contributed by atoms with Gasteiger partial charge in [-0.1, -0.05) is 20.3 Å². The summed E-state index contributed by atoms with van der Waals surface area (Å²) in [6.45, 7) is 6.34. The van der Waals surface area contributed by atoms with E-state index in [1.165, 1.54) is 0 Å². The monoisotopic (exact) mass is 226 g/mol. The SMILES string of the molecule is CCC(C)N(C)C(=O)C1CCCC(N)C1C. The van der Waals surface area contributed by atoms with Crippen molar-refractivity contribution in [2.45, 2.75) is 58.5 Å². The third-order valence-electron chi connectivity index (χ3n) is 4.28. The molecular formula is C13H26N2O. The maximum Gasteiger partial charge on any atom is 0.225 e. The Morgan fingerprint density at radius 2 is 2.12 bits per heavy atom. The average molecular weight is 226 g/mol. The molecule has 3 heteroatoms. The molecule has 1 amide bonds. The summed E-state index contributed by atoms with van der Waals surface area (Å²) in [5, 5.41) is 0. The molecule has 0 radical (unpaired) electrons. The molecule has 3 nitrogen and oxygen atoms in total. The van der Waals surface area contributed by atoms with Gasteiger partial charge in [-0.2, -0.15) is 0 Å². The van der Waals surface area contributed by atoms with Crippen LogP contribution >= 0.6 is 0 Å². The van der Waals surface area contributed by atoms with E-state index in [9.17, 15) is 4.79 Å². The summed E-state index contributed by atoms with van der Waals surface area (Å²) in [7, 11) is 1.92. The molecule has 0 heterocycles. The van der Waals surface area contributed by atoms with Crippen molar-refractivity contribution in [2.75, 3.05) is 7.05 Å². The van der Waals surface area contributed by atoms with Crippen LogP contribution in [0.1, 0.15) is 46.5 Å². The van der Waals surface area contributed by atoms with Gasteiger partial charge in [0.05, 0.1) is 0 Å². The highest BCUT2D eigenvalue weighted by Crippen LogP contribution is 2.30. The van der Waals surface area contributed by atoms with Crippen molar-refractivity contribution in [3.8, 4) is 0 Å². The molecule has 0 aromatic carbocycles. The molecule has 16 heavy (non-hydrogen) atoms. The molecule has 0 spiro atoms. The number of nitrogens with zero attached hydrogens (tertiary/aromatic N) is 1. The maximum absolute atomic E-state index is 12.3. The van der Waals surface area contributed by atoms with E-state index < -0.39 is 0 Å². The molecule has 4 atom stereocenters. The molecule has 1 aliphatic carbocycles. The number of nitrogens with two attached hydrogens (primary N) is 1. The van der Waals surface area contributed by atoms with E-state index in [0.29, 0.717) is 12.0 Å². The van der Waals surface area contributed by atoms with Crippen LogP contribution in [0.4, 0.5) is 0 Å².